The summed E-state index contributed by atoms with van der Waals surface area (Å²) in [6, 6.07) is 13.7. The van der Waals surface area contributed by atoms with Crippen LogP contribution in [0.5, 0.6) is 0 Å². The summed E-state index contributed by atoms with van der Waals surface area (Å²) in [5.41, 5.74) is 2.89. The maximum absolute atomic E-state index is 12.5. The van der Waals surface area contributed by atoms with Crippen molar-refractivity contribution >= 4 is 5.91 Å². The smallest absolute Gasteiger partial charge is 0.227 e. The molecule has 4 nitrogen and oxygen atoms in total. The fourth-order valence-electron chi connectivity index (χ4n) is 2.87. The van der Waals surface area contributed by atoms with Crippen molar-refractivity contribution in [2.24, 2.45) is 0 Å². The molecule has 1 aliphatic heterocycles. The highest BCUT2D eigenvalue weighted by Gasteiger charge is 2.20. The predicted octanol–water partition coefficient (Wildman–Crippen LogP) is 2.48. The van der Waals surface area contributed by atoms with E-state index in [9.17, 15) is 9.90 Å². The number of benzene rings is 1. The van der Waals surface area contributed by atoms with Gasteiger partial charge in [-0.3, -0.25) is 9.78 Å². The summed E-state index contributed by atoms with van der Waals surface area (Å²) in [5, 5.41) is 9.81. The van der Waals surface area contributed by atoms with E-state index in [-0.39, 0.29) is 5.91 Å². The molecule has 2 heterocycles. The van der Waals surface area contributed by atoms with E-state index in [4.69, 9.17) is 0 Å². The van der Waals surface area contributed by atoms with E-state index >= 15 is 0 Å². The Kier molecular flexibility index (Phi) is 5.03. The van der Waals surface area contributed by atoms with Crippen LogP contribution < -0.4 is 0 Å². The largest absolute Gasteiger partial charge is 0.391 e. The molecule has 1 aromatic carbocycles. The van der Waals surface area contributed by atoms with E-state index < -0.39 is 6.10 Å². The van der Waals surface area contributed by atoms with E-state index in [0.717, 1.165) is 29.7 Å². The second kappa shape index (κ2) is 7.38. The van der Waals surface area contributed by atoms with Crippen molar-refractivity contribution in [3.8, 4) is 11.3 Å². The molecule has 1 unspecified atom stereocenters. The van der Waals surface area contributed by atoms with Gasteiger partial charge in [0.05, 0.1) is 18.2 Å². The van der Waals surface area contributed by atoms with Gasteiger partial charge < -0.3 is 10.0 Å². The summed E-state index contributed by atoms with van der Waals surface area (Å²) in [7, 11) is 0. The highest BCUT2D eigenvalue weighted by Crippen LogP contribution is 2.19. The second-order valence-electron chi connectivity index (χ2n) is 5.88. The van der Waals surface area contributed by atoms with Gasteiger partial charge in [0, 0.05) is 24.8 Å². The van der Waals surface area contributed by atoms with Crippen molar-refractivity contribution in [2.45, 2.75) is 25.4 Å². The number of hydrogen-bond acceptors (Lipinski definition) is 3. The molecular weight excluding hydrogens is 288 g/mol. The Hall–Kier alpha value is -2.20. The average Bonchev–Trinajstić information content (AvgIpc) is 2.80. The zero-order chi connectivity index (χ0) is 16.1. The molecule has 1 radical (unpaired) electrons. The number of carbonyl (C=O) groups excluding carboxylic acids is 1. The van der Waals surface area contributed by atoms with Gasteiger partial charge in [0.1, 0.15) is 0 Å². The van der Waals surface area contributed by atoms with Crippen LogP contribution in [-0.4, -0.2) is 40.1 Å². The van der Waals surface area contributed by atoms with Crippen LogP contribution in [0.2, 0.25) is 0 Å². The first-order chi connectivity index (χ1) is 11.2. The molecular formula is C19H21N2O2. The van der Waals surface area contributed by atoms with E-state index in [1.54, 1.807) is 11.1 Å². The highest BCUT2D eigenvalue weighted by atomic mass is 16.3. The summed E-state index contributed by atoms with van der Waals surface area (Å²) >= 11 is 0. The molecule has 23 heavy (non-hydrogen) atoms. The van der Waals surface area contributed by atoms with Crippen molar-refractivity contribution in [1.82, 2.24) is 9.88 Å². The number of hydrogen-bond donors (Lipinski definition) is 1. The van der Waals surface area contributed by atoms with E-state index in [1.165, 1.54) is 0 Å². The third-order valence-electron chi connectivity index (χ3n) is 4.07. The number of amides is 1. The number of aromatic nitrogens is 1. The molecule has 1 atom stereocenters. The second-order valence-corrected chi connectivity index (χ2v) is 5.88. The van der Waals surface area contributed by atoms with Crippen LogP contribution in [0, 0.1) is 6.42 Å². The average molecular weight is 309 g/mol. The minimum absolute atomic E-state index is 0.0671. The van der Waals surface area contributed by atoms with Gasteiger partial charge in [-0.25, -0.2) is 0 Å². The van der Waals surface area contributed by atoms with Crippen LogP contribution in [-0.2, 0) is 11.2 Å². The first kappa shape index (κ1) is 15.7. The maximum Gasteiger partial charge on any atom is 0.227 e. The van der Waals surface area contributed by atoms with Gasteiger partial charge in [-0.1, -0.05) is 24.3 Å². The van der Waals surface area contributed by atoms with Crippen molar-refractivity contribution < 1.29 is 9.90 Å². The number of carbonyl (C=O) groups is 1. The topological polar surface area (TPSA) is 53.4 Å². The summed E-state index contributed by atoms with van der Waals surface area (Å²) in [6.45, 7) is 1.12. The summed E-state index contributed by atoms with van der Waals surface area (Å²) in [5.74, 6) is 0.0671. The minimum Gasteiger partial charge on any atom is -0.391 e. The Morgan fingerprint density at radius 2 is 2.17 bits per heavy atom. The normalized spacial score (nSPS) is 18.5. The van der Waals surface area contributed by atoms with Crippen molar-refractivity contribution in [3.63, 3.8) is 0 Å². The van der Waals surface area contributed by atoms with Crippen molar-refractivity contribution in [1.29, 1.82) is 0 Å². The third-order valence-corrected chi connectivity index (χ3v) is 4.07. The Morgan fingerprint density at radius 3 is 3.00 bits per heavy atom. The van der Waals surface area contributed by atoms with Gasteiger partial charge in [-0.15, -0.1) is 0 Å². The van der Waals surface area contributed by atoms with Gasteiger partial charge >= 0.3 is 0 Å². The first-order valence-electron chi connectivity index (χ1n) is 8.02. The fourth-order valence-corrected chi connectivity index (χ4v) is 2.87. The molecule has 0 aliphatic carbocycles. The van der Waals surface area contributed by atoms with Crippen LogP contribution in [0.4, 0.5) is 0 Å². The lowest BCUT2D eigenvalue weighted by molar-refractivity contribution is -0.131. The molecule has 1 aromatic heterocycles. The number of aliphatic hydroxyl groups excluding tert-OH is 1. The van der Waals surface area contributed by atoms with Gasteiger partial charge in [0.2, 0.25) is 5.91 Å². The molecule has 0 saturated carbocycles. The molecule has 1 aliphatic rings. The predicted molar refractivity (Wildman–Crippen MR) is 89.5 cm³/mol. The quantitative estimate of drug-likeness (QED) is 0.947. The Labute approximate surface area is 136 Å². The molecule has 1 amide bonds. The molecule has 2 aromatic rings. The van der Waals surface area contributed by atoms with E-state index in [0.29, 0.717) is 19.5 Å². The number of rotatable bonds is 3. The molecule has 3 rings (SSSR count). The number of likely N-dealkylation sites (tertiary alicyclic amines) is 1. The zero-order valence-corrected chi connectivity index (χ0v) is 13.1. The Balaban J connectivity index is 1.71. The van der Waals surface area contributed by atoms with Crippen molar-refractivity contribution in [2.75, 3.05) is 13.1 Å². The monoisotopic (exact) mass is 309 g/mol. The van der Waals surface area contributed by atoms with Crippen LogP contribution in [0.3, 0.4) is 0 Å². The summed E-state index contributed by atoms with van der Waals surface area (Å²) < 4.78 is 0. The van der Waals surface area contributed by atoms with Gasteiger partial charge in [-0.2, -0.15) is 0 Å². The lowest BCUT2D eigenvalue weighted by Gasteiger charge is -2.22. The Bertz CT molecular complexity index is 657. The standard InChI is InChI=1S/C19H21N2O2/c22-17-8-2-4-11-21(14-17)19(23)13-15-6-5-7-16(12-15)18-9-1-3-10-20-18/h1,3,5-10,12,17,22H,2,4,11,13-14H2. The summed E-state index contributed by atoms with van der Waals surface area (Å²) in [6.07, 6.45) is 5.27. The van der Waals surface area contributed by atoms with Crippen LogP contribution >= 0.6 is 0 Å². The van der Waals surface area contributed by atoms with Crippen LogP contribution in [0.25, 0.3) is 11.3 Å². The van der Waals surface area contributed by atoms with Crippen molar-refractivity contribution in [3.05, 3.63) is 60.6 Å². The number of β-amino-alcohol motifs (C(OH)–C–C–N with tert-alkyl or cyclic N) is 1. The lowest BCUT2D eigenvalue weighted by Crippen LogP contribution is -2.37. The Morgan fingerprint density at radius 1 is 1.26 bits per heavy atom. The maximum atomic E-state index is 12.5. The third kappa shape index (κ3) is 4.17. The van der Waals surface area contributed by atoms with Crippen LogP contribution in [0.15, 0.2) is 48.7 Å². The molecule has 0 bridgehead atoms. The SMILES string of the molecule is O=C(Cc1cccc(-c2ccccn2)c1)N1CCC[CH]C(O)C1. The molecule has 1 saturated heterocycles. The molecule has 1 N–H and O–H groups in total. The molecule has 0 spiro atoms. The van der Waals surface area contributed by atoms with E-state index in [1.807, 2.05) is 48.9 Å². The van der Waals surface area contributed by atoms with Gasteiger partial charge in [-0.05, 0) is 43.0 Å². The van der Waals surface area contributed by atoms with Crippen LogP contribution in [0.1, 0.15) is 18.4 Å². The number of nitrogens with zero attached hydrogens (tertiary/aromatic N) is 2. The number of pyridine rings is 1. The minimum atomic E-state index is -0.513. The number of aliphatic hydroxyl groups is 1. The molecule has 1 fully saturated rings. The molecule has 4 heteroatoms. The van der Waals surface area contributed by atoms with Gasteiger partial charge in [0.15, 0.2) is 0 Å². The van der Waals surface area contributed by atoms with Gasteiger partial charge in [0.25, 0.3) is 0 Å². The zero-order valence-electron chi connectivity index (χ0n) is 13.1. The lowest BCUT2D eigenvalue weighted by atomic mass is 10.0. The van der Waals surface area contributed by atoms with E-state index in [2.05, 4.69) is 4.98 Å². The first-order valence-corrected chi connectivity index (χ1v) is 8.02. The molecule has 119 valence electrons. The fraction of sp³-hybridized carbons (Fsp3) is 0.316. The summed E-state index contributed by atoms with van der Waals surface area (Å²) in [4.78, 5) is 18.6. The highest BCUT2D eigenvalue weighted by molar-refractivity contribution is 5.79.